The topological polar surface area (TPSA) is 73.1 Å². The molecule has 1 aromatic heterocycles. The summed E-state index contributed by atoms with van der Waals surface area (Å²) < 4.78 is 31.8. The second kappa shape index (κ2) is 5.47. The van der Waals surface area contributed by atoms with Crippen molar-refractivity contribution < 1.29 is 13.5 Å². The van der Waals surface area contributed by atoms with Crippen molar-refractivity contribution in [2.75, 3.05) is 17.7 Å². The van der Waals surface area contributed by atoms with Crippen LogP contribution in [0.3, 0.4) is 0 Å². The van der Waals surface area contributed by atoms with E-state index >= 15 is 0 Å². The second-order valence-corrected chi connectivity index (χ2v) is 3.60. The fourth-order valence-corrected chi connectivity index (χ4v) is 1.46. The van der Waals surface area contributed by atoms with Crippen LogP contribution in [0.5, 0.6) is 5.88 Å². The third kappa shape index (κ3) is 2.70. The fourth-order valence-electron chi connectivity index (χ4n) is 1.46. The average Bonchev–Trinajstić information content (AvgIpc) is 2.40. The van der Waals surface area contributed by atoms with Gasteiger partial charge in [0.1, 0.15) is 12.0 Å². The van der Waals surface area contributed by atoms with Crippen molar-refractivity contribution in [3.63, 3.8) is 0 Å². The van der Waals surface area contributed by atoms with Gasteiger partial charge in [-0.05, 0) is 19.1 Å². The third-order valence-corrected chi connectivity index (χ3v) is 2.33. The van der Waals surface area contributed by atoms with Crippen LogP contribution in [0.1, 0.15) is 6.92 Å². The molecule has 2 rings (SSSR count). The summed E-state index contributed by atoms with van der Waals surface area (Å²) in [7, 11) is 0. The van der Waals surface area contributed by atoms with Gasteiger partial charge in [0.25, 0.3) is 0 Å². The molecule has 0 bridgehead atoms. The van der Waals surface area contributed by atoms with Crippen molar-refractivity contribution in [2.45, 2.75) is 6.92 Å². The Hall–Kier alpha value is -2.44. The first-order chi connectivity index (χ1) is 9.13. The Kier molecular flexibility index (Phi) is 3.74. The molecule has 5 nitrogen and oxygen atoms in total. The van der Waals surface area contributed by atoms with Gasteiger partial charge in [-0.1, -0.05) is 6.07 Å². The number of halogens is 2. The Morgan fingerprint density at radius 3 is 2.84 bits per heavy atom. The number of hydrogen-bond donors (Lipinski definition) is 2. The molecule has 0 atom stereocenters. The Morgan fingerprint density at radius 1 is 1.32 bits per heavy atom. The van der Waals surface area contributed by atoms with Crippen LogP contribution < -0.4 is 15.8 Å². The quantitative estimate of drug-likeness (QED) is 0.889. The smallest absolute Gasteiger partial charge is 0.242 e. The minimum absolute atomic E-state index is 0.0622. The number of benzene rings is 1. The van der Waals surface area contributed by atoms with Gasteiger partial charge in [-0.2, -0.15) is 4.98 Å². The van der Waals surface area contributed by atoms with Gasteiger partial charge in [-0.3, -0.25) is 0 Å². The highest BCUT2D eigenvalue weighted by molar-refractivity contribution is 5.72. The SMILES string of the molecule is CCOc1ncnc(Nc2cccc(F)c2F)c1N. The standard InChI is InChI=1S/C12H12F2N4O/c1-2-19-12-10(15)11(16-6-17-12)18-8-5-3-4-7(13)9(8)14/h3-6H,2,15H2,1H3,(H,16,17,18). The molecule has 0 unspecified atom stereocenters. The van der Waals surface area contributed by atoms with E-state index in [1.165, 1.54) is 18.5 Å². The molecule has 0 fully saturated rings. The van der Waals surface area contributed by atoms with E-state index in [-0.39, 0.29) is 23.1 Å². The molecule has 0 aliphatic carbocycles. The van der Waals surface area contributed by atoms with E-state index in [1.807, 2.05) is 0 Å². The van der Waals surface area contributed by atoms with Crippen molar-refractivity contribution >= 4 is 17.2 Å². The second-order valence-electron chi connectivity index (χ2n) is 3.60. The number of nitrogens with two attached hydrogens (primary N) is 1. The maximum absolute atomic E-state index is 13.5. The number of hydrogen-bond acceptors (Lipinski definition) is 5. The molecular weight excluding hydrogens is 254 g/mol. The normalized spacial score (nSPS) is 10.3. The fraction of sp³-hybridized carbons (Fsp3) is 0.167. The van der Waals surface area contributed by atoms with Gasteiger partial charge < -0.3 is 15.8 Å². The third-order valence-electron chi connectivity index (χ3n) is 2.33. The van der Waals surface area contributed by atoms with Gasteiger partial charge in [0, 0.05) is 0 Å². The number of nitrogen functional groups attached to an aromatic ring is 1. The minimum atomic E-state index is -1.00. The van der Waals surface area contributed by atoms with E-state index in [0.29, 0.717) is 6.61 Å². The zero-order valence-corrected chi connectivity index (χ0v) is 10.2. The predicted molar refractivity (Wildman–Crippen MR) is 67.3 cm³/mol. The van der Waals surface area contributed by atoms with Gasteiger partial charge in [0.15, 0.2) is 17.5 Å². The average molecular weight is 266 g/mol. The predicted octanol–water partition coefficient (Wildman–Crippen LogP) is 2.48. The Labute approximate surface area is 108 Å². The molecule has 0 aliphatic heterocycles. The van der Waals surface area contributed by atoms with Crippen LogP contribution in [-0.4, -0.2) is 16.6 Å². The first-order valence-electron chi connectivity index (χ1n) is 5.57. The molecule has 3 N–H and O–H groups in total. The number of rotatable bonds is 4. The first-order valence-corrected chi connectivity index (χ1v) is 5.57. The van der Waals surface area contributed by atoms with Crippen LogP contribution in [0.25, 0.3) is 0 Å². The Bertz CT molecular complexity index is 592. The number of aromatic nitrogens is 2. The highest BCUT2D eigenvalue weighted by atomic mass is 19.2. The van der Waals surface area contributed by atoms with Crippen LogP contribution >= 0.6 is 0 Å². The van der Waals surface area contributed by atoms with Crippen molar-refractivity contribution in [1.29, 1.82) is 0 Å². The van der Waals surface area contributed by atoms with Crippen LogP contribution in [0.2, 0.25) is 0 Å². The Balaban J connectivity index is 2.33. The number of nitrogens with one attached hydrogen (secondary N) is 1. The Morgan fingerprint density at radius 2 is 2.11 bits per heavy atom. The van der Waals surface area contributed by atoms with Crippen molar-refractivity contribution in [3.8, 4) is 5.88 Å². The molecule has 0 saturated carbocycles. The maximum atomic E-state index is 13.5. The lowest BCUT2D eigenvalue weighted by atomic mass is 10.3. The molecule has 100 valence electrons. The van der Waals surface area contributed by atoms with E-state index in [4.69, 9.17) is 10.5 Å². The summed E-state index contributed by atoms with van der Waals surface area (Å²) >= 11 is 0. The van der Waals surface area contributed by atoms with E-state index < -0.39 is 11.6 Å². The van der Waals surface area contributed by atoms with Gasteiger partial charge in [-0.25, -0.2) is 13.8 Å². The number of anilines is 3. The summed E-state index contributed by atoms with van der Waals surface area (Å²) in [4.78, 5) is 7.72. The summed E-state index contributed by atoms with van der Waals surface area (Å²) in [6.45, 7) is 2.16. The molecule has 2 aromatic rings. The minimum Gasteiger partial charge on any atom is -0.476 e. The lowest BCUT2D eigenvalue weighted by molar-refractivity contribution is 0.328. The van der Waals surface area contributed by atoms with E-state index in [1.54, 1.807) is 6.92 Å². The largest absolute Gasteiger partial charge is 0.476 e. The molecular formula is C12H12F2N4O. The molecule has 0 aliphatic rings. The summed E-state index contributed by atoms with van der Waals surface area (Å²) in [6, 6.07) is 3.78. The maximum Gasteiger partial charge on any atom is 0.242 e. The summed E-state index contributed by atoms with van der Waals surface area (Å²) in [5.74, 6) is -1.61. The molecule has 1 aromatic carbocycles. The lowest BCUT2D eigenvalue weighted by Gasteiger charge is -2.11. The van der Waals surface area contributed by atoms with Crippen LogP contribution in [0, 0.1) is 11.6 Å². The number of ether oxygens (including phenoxy) is 1. The zero-order valence-electron chi connectivity index (χ0n) is 10.2. The van der Waals surface area contributed by atoms with E-state index in [2.05, 4.69) is 15.3 Å². The van der Waals surface area contributed by atoms with Crippen molar-refractivity contribution in [3.05, 3.63) is 36.2 Å². The van der Waals surface area contributed by atoms with Crippen LogP contribution in [0.15, 0.2) is 24.5 Å². The molecule has 19 heavy (non-hydrogen) atoms. The lowest BCUT2D eigenvalue weighted by Crippen LogP contribution is -2.06. The van der Waals surface area contributed by atoms with E-state index in [9.17, 15) is 8.78 Å². The molecule has 0 saturated heterocycles. The summed E-state index contributed by atoms with van der Waals surface area (Å²) in [5, 5.41) is 2.61. The first kappa shape index (κ1) is 13.0. The zero-order chi connectivity index (χ0) is 13.8. The highest BCUT2D eigenvalue weighted by Gasteiger charge is 2.12. The van der Waals surface area contributed by atoms with Gasteiger partial charge in [0.2, 0.25) is 5.88 Å². The van der Waals surface area contributed by atoms with Crippen molar-refractivity contribution in [2.24, 2.45) is 0 Å². The molecule has 0 spiro atoms. The molecule has 1 heterocycles. The molecule has 0 amide bonds. The van der Waals surface area contributed by atoms with Crippen LogP contribution in [-0.2, 0) is 0 Å². The monoisotopic (exact) mass is 266 g/mol. The van der Waals surface area contributed by atoms with E-state index in [0.717, 1.165) is 6.07 Å². The summed E-state index contributed by atoms with van der Waals surface area (Å²) in [6.07, 6.45) is 1.22. The van der Waals surface area contributed by atoms with Gasteiger partial charge >= 0.3 is 0 Å². The highest BCUT2D eigenvalue weighted by Crippen LogP contribution is 2.28. The van der Waals surface area contributed by atoms with Gasteiger partial charge in [0.05, 0.1) is 12.3 Å². The molecule has 7 heteroatoms. The van der Waals surface area contributed by atoms with Gasteiger partial charge in [-0.15, -0.1) is 0 Å². The van der Waals surface area contributed by atoms with Crippen LogP contribution in [0.4, 0.5) is 26.0 Å². The molecule has 0 radical (unpaired) electrons. The van der Waals surface area contributed by atoms with Crippen molar-refractivity contribution in [1.82, 2.24) is 9.97 Å². The summed E-state index contributed by atoms with van der Waals surface area (Å²) in [5.41, 5.74) is 5.85. The number of nitrogens with zero attached hydrogens (tertiary/aromatic N) is 2.